The Morgan fingerprint density at radius 3 is 2.67 bits per heavy atom. The van der Waals surface area contributed by atoms with Crippen molar-refractivity contribution < 1.29 is 9.53 Å². The molecular weight excluding hydrogens is 322 g/mol. The normalized spacial score (nSPS) is 10.6. The Bertz CT molecular complexity index is 794. The molecule has 0 aliphatic heterocycles. The summed E-state index contributed by atoms with van der Waals surface area (Å²) in [5, 5.41) is 9.03. The van der Waals surface area contributed by atoms with Crippen LogP contribution in [0.15, 0.2) is 47.8 Å². The van der Waals surface area contributed by atoms with Crippen LogP contribution in [-0.2, 0) is 11.3 Å². The van der Waals surface area contributed by atoms with E-state index in [1.165, 1.54) is 0 Å². The molecule has 0 unspecified atom stereocenters. The second-order valence-corrected chi connectivity index (χ2v) is 6.59. The van der Waals surface area contributed by atoms with Crippen LogP contribution < -0.4 is 9.64 Å². The van der Waals surface area contributed by atoms with Gasteiger partial charge in [0.1, 0.15) is 11.6 Å². The van der Waals surface area contributed by atoms with Gasteiger partial charge in [-0.2, -0.15) is 5.10 Å². The second-order valence-electron chi connectivity index (χ2n) is 5.56. The Kier molecular flexibility index (Phi) is 4.96. The molecule has 0 spiro atoms. The van der Waals surface area contributed by atoms with Crippen molar-refractivity contribution in [3.8, 4) is 5.75 Å². The van der Waals surface area contributed by atoms with Gasteiger partial charge >= 0.3 is 0 Å². The van der Waals surface area contributed by atoms with Crippen LogP contribution in [0.1, 0.15) is 16.1 Å². The van der Waals surface area contributed by atoms with Crippen molar-refractivity contribution in [1.29, 1.82) is 0 Å². The van der Waals surface area contributed by atoms with Crippen LogP contribution in [0.25, 0.3) is 0 Å². The molecule has 5 nitrogen and oxygen atoms in total. The number of thiophene rings is 1. The highest BCUT2D eigenvalue weighted by atomic mass is 32.1. The number of rotatable bonds is 6. The molecule has 0 atom stereocenters. The van der Waals surface area contributed by atoms with Gasteiger partial charge in [0.15, 0.2) is 6.61 Å². The standard InChI is InChI=1S/C18H19N3O2S/c1-13-5-7-15(8-6-13)23-12-18(22)21(11-16-4-3-9-24-16)17-10-14(2)19-20-17/h3-10H,11-12H2,1-2H3,(H,19,20). The highest BCUT2D eigenvalue weighted by Gasteiger charge is 2.19. The van der Waals surface area contributed by atoms with E-state index in [9.17, 15) is 4.79 Å². The van der Waals surface area contributed by atoms with Crippen molar-refractivity contribution in [2.45, 2.75) is 20.4 Å². The number of hydrogen-bond donors (Lipinski definition) is 1. The number of carbonyl (C=O) groups excluding carboxylic acids is 1. The molecule has 0 bridgehead atoms. The van der Waals surface area contributed by atoms with E-state index in [0.717, 1.165) is 16.1 Å². The molecule has 2 aromatic heterocycles. The van der Waals surface area contributed by atoms with Gasteiger partial charge in [-0.3, -0.25) is 14.8 Å². The number of hydrogen-bond acceptors (Lipinski definition) is 4. The molecule has 0 fully saturated rings. The minimum Gasteiger partial charge on any atom is -0.484 e. The molecule has 0 aliphatic carbocycles. The molecule has 6 heteroatoms. The quantitative estimate of drug-likeness (QED) is 0.744. The minimum absolute atomic E-state index is 0.0213. The maximum absolute atomic E-state index is 12.7. The van der Waals surface area contributed by atoms with E-state index in [1.54, 1.807) is 16.2 Å². The van der Waals surface area contributed by atoms with Crippen molar-refractivity contribution in [3.05, 3.63) is 64.0 Å². The summed E-state index contributed by atoms with van der Waals surface area (Å²) >= 11 is 1.62. The number of ether oxygens (including phenoxy) is 1. The van der Waals surface area contributed by atoms with E-state index in [0.29, 0.717) is 18.1 Å². The van der Waals surface area contributed by atoms with Gasteiger partial charge in [0, 0.05) is 10.9 Å². The van der Waals surface area contributed by atoms with Crippen molar-refractivity contribution >= 4 is 23.1 Å². The predicted molar refractivity (Wildman–Crippen MR) is 95.5 cm³/mol. The molecule has 1 aromatic carbocycles. The fourth-order valence-corrected chi connectivity index (χ4v) is 2.96. The Morgan fingerprint density at radius 2 is 2.04 bits per heavy atom. The third kappa shape index (κ3) is 4.02. The zero-order valence-corrected chi connectivity index (χ0v) is 14.5. The molecule has 1 N–H and O–H groups in total. The maximum atomic E-state index is 12.7. The molecule has 1 amide bonds. The average Bonchev–Trinajstić information content (AvgIpc) is 3.23. The summed E-state index contributed by atoms with van der Waals surface area (Å²) in [6.45, 7) is 4.37. The van der Waals surface area contributed by atoms with Gasteiger partial charge in [0.05, 0.1) is 12.2 Å². The third-order valence-corrected chi connectivity index (χ3v) is 4.42. The van der Waals surface area contributed by atoms with E-state index < -0.39 is 0 Å². The summed E-state index contributed by atoms with van der Waals surface area (Å²) in [5.41, 5.74) is 1.99. The largest absolute Gasteiger partial charge is 0.484 e. The van der Waals surface area contributed by atoms with Gasteiger partial charge in [-0.15, -0.1) is 11.3 Å². The highest BCUT2D eigenvalue weighted by molar-refractivity contribution is 7.09. The molecule has 124 valence electrons. The number of aromatic nitrogens is 2. The van der Waals surface area contributed by atoms with Crippen molar-refractivity contribution in [2.24, 2.45) is 0 Å². The number of nitrogens with zero attached hydrogens (tertiary/aromatic N) is 2. The number of amides is 1. The average molecular weight is 341 g/mol. The van der Waals surface area contributed by atoms with Crippen LogP contribution in [0.2, 0.25) is 0 Å². The van der Waals surface area contributed by atoms with E-state index >= 15 is 0 Å². The van der Waals surface area contributed by atoms with E-state index in [4.69, 9.17) is 4.74 Å². The summed E-state index contributed by atoms with van der Waals surface area (Å²) in [6, 6.07) is 13.5. The first-order valence-electron chi connectivity index (χ1n) is 7.66. The Morgan fingerprint density at radius 1 is 1.25 bits per heavy atom. The van der Waals surface area contributed by atoms with Crippen molar-refractivity contribution in [2.75, 3.05) is 11.5 Å². The summed E-state index contributed by atoms with van der Waals surface area (Å²) in [5.74, 6) is 1.25. The topological polar surface area (TPSA) is 58.2 Å². The molecule has 24 heavy (non-hydrogen) atoms. The summed E-state index contributed by atoms with van der Waals surface area (Å²) < 4.78 is 5.63. The molecule has 2 heterocycles. The third-order valence-electron chi connectivity index (χ3n) is 3.56. The number of H-pyrrole nitrogens is 1. The predicted octanol–water partition coefficient (Wildman–Crippen LogP) is 3.70. The number of nitrogens with one attached hydrogen (secondary N) is 1. The molecule has 0 saturated heterocycles. The molecular formula is C18H19N3O2S. The van der Waals surface area contributed by atoms with Crippen LogP contribution in [0.3, 0.4) is 0 Å². The van der Waals surface area contributed by atoms with E-state index in [2.05, 4.69) is 10.2 Å². The molecule has 3 aromatic rings. The van der Waals surface area contributed by atoms with Crippen LogP contribution in [0, 0.1) is 13.8 Å². The first kappa shape index (κ1) is 16.3. The Balaban J connectivity index is 1.71. The number of carbonyl (C=O) groups is 1. The highest BCUT2D eigenvalue weighted by Crippen LogP contribution is 2.19. The van der Waals surface area contributed by atoms with Gasteiger partial charge in [-0.25, -0.2) is 0 Å². The van der Waals surface area contributed by atoms with Crippen LogP contribution in [-0.4, -0.2) is 22.7 Å². The molecule has 0 radical (unpaired) electrons. The number of anilines is 1. The van der Waals surface area contributed by atoms with E-state index in [1.807, 2.05) is 61.7 Å². The smallest absolute Gasteiger partial charge is 0.266 e. The van der Waals surface area contributed by atoms with Gasteiger partial charge in [-0.05, 0) is 37.4 Å². The second kappa shape index (κ2) is 7.31. The summed E-state index contributed by atoms with van der Waals surface area (Å²) in [6.07, 6.45) is 0. The molecule has 3 rings (SSSR count). The lowest BCUT2D eigenvalue weighted by Crippen LogP contribution is -2.34. The van der Waals surface area contributed by atoms with Crippen LogP contribution >= 0.6 is 11.3 Å². The van der Waals surface area contributed by atoms with Crippen LogP contribution in [0.4, 0.5) is 5.82 Å². The first-order chi connectivity index (χ1) is 11.6. The van der Waals surface area contributed by atoms with Gasteiger partial charge < -0.3 is 4.74 Å². The lowest BCUT2D eigenvalue weighted by atomic mass is 10.2. The first-order valence-corrected chi connectivity index (χ1v) is 8.54. The SMILES string of the molecule is Cc1ccc(OCC(=O)N(Cc2cccs2)c2cc(C)n[nH]2)cc1. The minimum atomic E-state index is -0.118. The fraction of sp³-hybridized carbons (Fsp3) is 0.222. The van der Waals surface area contributed by atoms with Gasteiger partial charge in [-0.1, -0.05) is 23.8 Å². The monoisotopic (exact) mass is 341 g/mol. The van der Waals surface area contributed by atoms with Gasteiger partial charge in [0.2, 0.25) is 0 Å². The molecule has 0 aliphatic rings. The van der Waals surface area contributed by atoms with Gasteiger partial charge in [0.25, 0.3) is 5.91 Å². The Hall–Kier alpha value is -2.60. The maximum Gasteiger partial charge on any atom is 0.266 e. The fourth-order valence-electron chi connectivity index (χ4n) is 2.27. The van der Waals surface area contributed by atoms with Crippen molar-refractivity contribution in [3.63, 3.8) is 0 Å². The Labute approximate surface area is 144 Å². The zero-order chi connectivity index (χ0) is 16.9. The number of aromatic amines is 1. The lowest BCUT2D eigenvalue weighted by molar-refractivity contribution is -0.120. The number of benzene rings is 1. The number of aryl methyl sites for hydroxylation is 2. The lowest BCUT2D eigenvalue weighted by Gasteiger charge is -2.20. The van der Waals surface area contributed by atoms with E-state index in [-0.39, 0.29) is 12.5 Å². The summed E-state index contributed by atoms with van der Waals surface area (Å²) in [4.78, 5) is 15.4. The molecule has 0 saturated carbocycles. The van der Waals surface area contributed by atoms with Crippen molar-refractivity contribution in [1.82, 2.24) is 10.2 Å². The van der Waals surface area contributed by atoms with Crippen LogP contribution in [0.5, 0.6) is 5.75 Å². The summed E-state index contributed by atoms with van der Waals surface area (Å²) in [7, 11) is 0. The zero-order valence-electron chi connectivity index (χ0n) is 13.7.